The molecule has 0 spiro atoms. The maximum Gasteiger partial charge on any atom is 0.126 e. The predicted molar refractivity (Wildman–Crippen MR) is 57.7 cm³/mol. The van der Waals surface area contributed by atoms with Crippen LogP contribution < -0.4 is 5.73 Å². The van der Waals surface area contributed by atoms with Gasteiger partial charge in [-0.15, -0.1) is 0 Å². The van der Waals surface area contributed by atoms with Gasteiger partial charge in [0.25, 0.3) is 0 Å². The van der Waals surface area contributed by atoms with Crippen molar-refractivity contribution >= 4 is 22.5 Å². The second-order valence-electron chi connectivity index (χ2n) is 3.20. The van der Waals surface area contributed by atoms with Crippen LogP contribution in [0.2, 0.25) is 5.02 Å². The normalized spacial score (nSPS) is 11.0. The number of hydrogen-bond acceptors (Lipinski definition) is 2. The SMILES string of the molecule is NCCc1c[nH]c2cc(Cl)cc(O)c12. The summed E-state index contributed by atoms with van der Waals surface area (Å²) in [5, 5.41) is 11.0. The predicted octanol–water partition coefficient (Wildman–Crippen LogP) is 2.03. The monoisotopic (exact) mass is 210 g/mol. The highest BCUT2D eigenvalue weighted by molar-refractivity contribution is 6.31. The van der Waals surface area contributed by atoms with Gasteiger partial charge in [0.05, 0.1) is 5.52 Å². The smallest absolute Gasteiger partial charge is 0.126 e. The van der Waals surface area contributed by atoms with Crippen molar-refractivity contribution in [3.63, 3.8) is 0 Å². The van der Waals surface area contributed by atoms with E-state index in [0.717, 1.165) is 22.9 Å². The molecule has 0 unspecified atom stereocenters. The molecule has 74 valence electrons. The van der Waals surface area contributed by atoms with Gasteiger partial charge < -0.3 is 15.8 Å². The molecule has 1 aromatic carbocycles. The van der Waals surface area contributed by atoms with Crippen LogP contribution in [0.1, 0.15) is 5.56 Å². The zero-order valence-corrected chi connectivity index (χ0v) is 8.30. The standard InChI is InChI=1S/C10H11ClN2O/c11-7-3-8-10(9(14)4-7)6(1-2-12)5-13-8/h3-5,13-14H,1-2,12H2. The van der Waals surface area contributed by atoms with Crippen molar-refractivity contribution in [1.29, 1.82) is 0 Å². The molecule has 0 bridgehead atoms. The second kappa shape index (κ2) is 3.52. The number of halogens is 1. The number of aromatic hydroxyl groups is 1. The quantitative estimate of drug-likeness (QED) is 0.710. The lowest BCUT2D eigenvalue weighted by Crippen LogP contribution is -2.01. The first kappa shape index (κ1) is 9.37. The van der Waals surface area contributed by atoms with Crippen molar-refractivity contribution in [2.45, 2.75) is 6.42 Å². The zero-order chi connectivity index (χ0) is 10.1. The van der Waals surface area contributed by atoms with Crippen LogP contribution in [0.4, 0.5) is 0 Å². The molecule has 0 saturated carbocycles. The van der Waals surface area contributed by atoms with Gasteiger partial charge in [0.1, 0.15) is 5.75 Å². The summed E-state index contributed by atoms with van der Waals surface area (Å²) >= 11 is 5.81. The van der Waals surface area contributed by atoms with E-state index in [4.69, 9.17) is 17.3 Å². The number of H-pyrrole nitrogens is 1. The summed E-state index contributed by atoms with van der Waals surface area (Å²) in [5.74, 6) is 0.206. The minimum absolute atomic E-state index is 0.206. The largest absolute Gasteiger partial charge is 0.507 e. The van der Waals surface area contributed by atoms with Crippen LogP contribution in [-0.4, -0.2) is 16.6 Å². The number of aromatic amines is 1. The number of benzene rings is 1. The van der Waals surface area contributed by atoms with Crippen molar-refractivity contribution in [2.75, 3.05) is 6.54 Å². The van der Waals surface area contributed by atoms with E-state index in [1.807, 2.05) is 6.20 Å². The Balaban J connectivity index is 2.66. The van der Waals surface area contributed by atoms with Gasteiger partial charge in [-0.1, -0.05) is 11.6 Å². The Morgan fingerprint density at radius 3 is 2.93 bits per heavy atom. The molecule has 2 rings (SSSR count). The van der Waals surface area contributed by atoms with Crippen LogP contribution in [0.5, 0.6) is 5.75 Å². The van der Waals surface area contributed by atoms with Crippen LogP contribution in [0.3, 0.4) is 0 Å². The molecular formula is C10H11ClN2O. The fraction of sp³-hybridized carbons (Fsp3) is 0.200. The van der Waals surface area contributed by atoms with Crippen molar-refractivity contribution in [3.8, 4) is 5.75 Å². The van der Waals surface area contributed by atoms with Gasteiger partial charge >= 0.3 is 0 Å². The number of hydrogen-bond donors (Lipinski definition) is 3. The summed E-state index contributed by atoms with van der Waals surface area (Å²) in [6, 6.07) is 3.33. The molecule has 0 amide bonds. The highest BCUT2D eigenvalue weighted by atomic mass is 35.5. The summed E-state index contributed by atoms with van der Waals surface area (Å²) in [6.07, 6.45) is 2.60. The average Bonchev–Trinajstić information content (AvgIpc) is 2.49. The third-order valence-electron chi connectivity index (χ3n) is 2.22. The second-order valence-corrected chi connectivity index (χ2v) is 3.64. The molecule has 2 aromatic rings. The lowest BCUT2D eigenvalue weighted by molar-refractivity contribution is 0.481. The lowest BCUT2D eigenvalue weighted by Gasteiger charge is -2.00. The number of nitrogens with one attached hydrogen (secondary N) is 1. The Kier molecular flexibility index (Phi) is 2.35. The molecule has 0 saturated heterocycles. The van der Waals surface area contributed by atoms with Crippen molar-refractivity contribution in [1.82, 2.24) is 4.98 Å². The molecule has 0 aliphatic heterocycles. The Morgan fingerprint density at radius 2 is 2.21 bits per heavy atom. The minimum atomic E-state index is 0.206. The van der Waals surface area contributed by atoms with E-state index in [-0.39, 0.29) is 5.75 Å². The number of phenols is 1. The summed E-state index contributed by atoms with van der Waals surface area (Å²) < 4.78 is 0. The van der Waals surface area contributed by atoms with Crippen LogP contribution >= 0.6 is 11.6 Å². The Bertz CT molecular complexity index is 464. The Morgan fingerprint density at radius 1 is 1.43 bits per heavy atom. The molecular weight excluding hydrogens is 200 g/mol. The molecule has 0 aliphatic rings. The summed E-state index contributed by atoms with van der Waals surface area (Å²) in [5.41, 5.74) is 7.34. The van der Waals surface area contributed by atoms with Gasteiger partial charge in [0.15, 0.2) is 0 Å². The molecule has 3 nitrogen and oxygen atoms in total. The fourth-order valence-electron chi connectivity index (χ4n) is 1.63. The van der Waals surface area contributed by atoms with E-state index in [0.29, 0.717) is 11.6 Å². The van der Waals surface area contributed by atoms with Crippen LogP contribution in [0.25, 0.3) is 10.9 Å². The van der Waals surface area contributed by atoms with Gasteiger partial charge in [-0.25, -0.2) is 0 Å². The summed E-state index contributed by atoms with van der Waals surface area (Å²) in [6.45, 7) is 0.565. The highest BCUT2D eigenvalue weighted by Crippen LogP contribution is 2.31. The topological polar surface area (TPSA) is 62.0 Å². The zero-order valence-electron chi connectivity index (χ0n) is 7.55. The third kappa shape index (κ3) is 1.45. The van der Waals surface area contributed by atoms with Crippen molar-refractivity contribution in [2.24, 2.45) is 5.73 Å². The molecule has 1 aromatic heterocycles. The number of phenolic OH excluding ortho intramolecular Hbond substituents is 1. The van der Waals surface area contributed by atoms with Crippen molar-refractivity contribution < 1.29 is 5.11 Å². The number of aromatic nitrogens is 1. The molecule has 0 fully saturated rings. The van der Waals surface area contributed by atoms with Gasteiger partial charge in [0, 0.05) is 16.6 Å². The lowest BCUT2D eigenvalue weighted by atomic mass is 10.1. The van der Waals surface area contributed by atoms with Crippen LogP contribution in [0, 0.1) is 0 Å². The fourth-order valence-corrected chi connectivity index (χ4v) is 1.85. The molecule has 0 atom stereocenters. The highest BCUT2D eigenvalue weighted by Gasteiger charge is 2.08. The maximum absolute atomic E-state index is 9.70. The first-order valence-electron chi connectivity index (χ1n) is 4.41. The minimum Gasteiger partial charge on any atom is -0.507 e. The summed E-state index contributed by atoms with van der Waals surface area (Å²) in [4.78, 5) is 3.05. The van der Waals surface area contributed by atoms with Gasteiger partial charge in [-0.2, -0.15) is 0 Å². The Hall–Kier alpha value is -1.19. The van der Waals surface area contributed by atoms with Crippen LogP contribution in [0.15, 0.2) is 18.3 Å². The number of nitrogens with two attached hydrogens (primary N) is 1. The van der Waals surface area contributed by atoms with E-state index in [2.05, 4.69) is 4.98 Å². The van der Waals surface area contributed by atoms with Gasteiger partial charge in [-0.3, -0.25) is 0 Å². The average molecular weight is 211 g/mol. The van der Waals surface area contributed by atoms with E-state index >= 15 is 0 Å². The molecule has 0 radical (unpaired) electrons. The van der Waals surface area contributed by atoms with Gasteiger partial charge in [0.2, 0.25) is 0 Å². The van der Waals surface area contributed by atoms with Crippen LogP contribution in [-0.2, 0) is 6.42 Å². The van der Waals surface area contributed by atoms with E-state index < -0.39 is 0 Å². The maximum atomic E-state index is 9.70. The first-order chi connectivity index (χ1) is 6.72. The van der Waals surface area contributed by atoms with E-state index in [9.17, 15) is 5.11 Å². The molecule has 1 heterocycles. The number of fused-ring (bicyclic) bond motifs is 1. The van der Waals surface area contributed by atoms with Gasteiger partial charge in [-0.05, 0) is 30.7 Å². The van der Waals surface area contributed by atoms with E-state index in [1.165, 1.54) is 6.07 Å². The molecule has 14 heavy (non-hydrogen) atoms. The van der Waals surface area contributed by atoms with Crippen molar-refractivity contribution in [3.05, 3.63) is 28.9 Å². The molecule has 4 N–H and O–H groups in total. The van der Waals surface area contributed by atoms with E-state index in [1.54, 1.807) is 6.07 Å². The third-order valence-corrected chi connectivity index (χ3v) is 2.44. The Labute approximate surface area is 86.5 Å². The first-order valence-corrected chi connectivity index (χ1v) is 4.78. The summed E-state index contributed by atoms with van der Waals surface area (Å²) in [7, 11) is 0. The molecule has 4 heteroatoms. The molecule has 0 aliphatic carbocycles. The number of rotatable bonds is 2.